The van der Waals surface area contributed by atoms with Gasteiger partial charge < -0.3 is 10.2 Å². The topological polar surface area (TPSA) is 58.4 Å². The van der Waals surface area contributed by atoms with E-state index in [1.165, 1.54) is 6.42 Å². The van der Waals surface area contributed by atoms with Gasteiger partial charge >= 0.3 is 0 Å². The highest BCUT2D eigenvalue weighted by molar-refractivity contribution is 5.41. The van der Waals surface area contributed by atoms with Crippen LogP contribution in [0.25, 0.3) is 0 Å². The summed E-state index contributed by atoms with van der Waals surface area (Å²) >= 11 is 0. The van der Waals surface area contributed by atoms with Crippen molar-refractivity contribution in [3.63, 3.8) is 0 Å². The Hall–Kier alpha value is -1.46. The molecule has 0 radical (unpaired) electrons. The van der Waals surface area contributed by atoms with Crippen LogP contribution in [-0.4, -0.2) is 35.5 Å². The maximum atomic E-state index is 11.1. The van der Waals surface area contributed by atoms with E-state index in [0.717, 1.165) is 25.2 Å². The second kappa shape index (κ2) is 7.00. The predicted octanol–water partition coefficient (Wildman–Crippen LogP) is 2.98. The van der Waals surface area contributed by atoms with Crippen LogP contribution in [0.1, 0.15) is 38.8 Å². The Bertz CT molecular complexity index is 490. The Morgan fingerprint density at radius 3 is 2.71 bits per heavy atom. The molecule has 1 aliphatic rings. The first-order valence-electron chi connectivity index (χ1n) is 7.69. The van der Waals surface area contributed by atoms with Gasteiger partial charge in [0.2, 0.25) is 0 Å². The molecule has 0 bridgehead atoms. The van der Waals surface area contributed by atoms with E-state index in [4.69, 9.17) is 0 Å². The lowest BCUT2D eigenvalue weighted by molar-refractivity contribution is -0.385. The smallest absolute Gasteiger partial charge is 0.274 e. The molecule has 5 nitrogen and oxygen atoms in total. The van der Waals surface area contributed by atoms with Crippen molar-refractivity contribution < 1.29 is 4.92 Å². The maximum absolute atomic E-state index is 11.1. The van der Waals surface area contributed by atoms with Gasteiger partial charge in [-0.15, -0.1) is 0 Å². The molecule has 2 unspecified atom stereocenters. The number of para-hydroxylation sites is 1. The first-order valence-corrected chi connectivity index (χ1v) is 7.69. The molecule has 2 rings (SSSR count). The van der Waals surface area contributed by atoms with Crippen molar-refractivity contribution >= 4 is 5.69 Å². The Morgan fingerprint density at radius 1 is 1.38 bits per heavy atom. The lowest BCUT2D eigenvalue weighted by atomic mass is 10.0. The summed E-state index contributed by atoms with van der Waals surface area (Å²) < 4.78 is 0. The number of likely N-dealkylation sites (tertiary alicyclic amines) is 1. The van der Waals surface area contributed by atoms with Crippen LogP contribution in [0.4, 0.5) is 5.69 Å². The molecule has 0 aromatic heterocycles. The van der Waals surface area contributed by atoms with Crippen molar-refractivity contribution in [3.05, 3.63) is 39.9 Å². The molecule has 1 N–H and O–H groups in total. The number of benzene rings is 1. The fourth-order valence-corrected chi connectivity index (χ4v) is 2.97. The van der Waals surface area contributed by atoms with Crippen molar-refractivity contribution in [1.29, 1.82) is 0 Å². The maximum Gasteiger partial charge on any atom is 0.274 e. The Labute approximate surface area is 126 Å². The number of nitrogens with zero attached hydrogens (tertiary/aromatic N) is 2. The van der Waals surface area contributed by atoms with E-state index in [1.54, 1.807) is 12.1 Å². The van der Waals surface area contributed by atoms with Crippen LogP contribution in [-0.2, 0) is 0 Å². The summed E-state index contributed by atoms with van der Waals surface area (Å²) in [6.07, 6.45) is 1.20. The quantitative estimate of drug-likeness (QED) is 0.646. The summed E-state index contributed by atoms with van der Waals surface area (Å²) in [5.41, 5.74) is 0.967. The first kappa shape index (κ1) is 15.9. The molecule has 1 aliphatic heterocycles. The monoisotopic (exact) mass is 291 g/mol. The van der Waals surface area contributed by atoms with E-state index in [2.05, 4.69) is 24.1 Å². The minimum Gasteiger partial charge on any atom is -0.310 e. The molecule has 1 fully saturated rings. The van der Waals surface area contributed by atoms with Crippen molar-refractivity contribution in [2.45, 2.75) is 39.3 Å². The molecule has 0 spiro atoms. The Kier molecular flexibility index (Phi) is 5.31. The zero-order chi connectivity index (χ0) is 15.4. The number of hydrogen-bond donors (Lipinski definition) is 1. The SMILES string of the molecule is CC(NCC1CCN(C(C)C)C1)c1ccccc1[N+](=O)[O-]. The molecule has 5 heteroatoms. The fraction of sp³-hybridized carbons (Fsp3) is 0.625. The average Bonchev–Trinajstić information content (AvgIpc) is 2.94. The van der Waals surface area contributed by atoms with Crippen LogP contribution in [0.5, 0.6) is 0 Å². The van der Waals surface area contributed by atoms with E-state index in [-0.39, 0.29) is 16.7 Å². The van der Waals surface area contributed by atoms with Gasteiger partial charge in [0.1, 0.15) is 0 Å². The van der Waals surface area contributed by atoms with Crippen LogP contribution in [0.3, 0.4) is 0 Å². The van der Waals surface area contributed by atoms with Crippen LogP contribution < -0.4 is 5.32 Å². The first-order chi connectivity index (χ1) is 9.99. The predicted molar refractivity (Wildman–Crippen MR) is 84.3 cm³/mol. The van der Waals surface area contributed by atoms with Gasteiger partial charge in [-0.1, -0.05) is 18.2 Å². The Morgan fingerprint density at radius 2 is 2.10 bits per heavy atom. The normalized spacial score (nSPS) is 20.9. The van der Waals surface area contributed by atoms with Gasteiger partial charge in [-0.25, -0.2) is 0 Å². The van der Waals surface area contributed by atoms with E-state index >= 15 is 0 Å². The summed E-state index contributed by atoms with van der Waals surface area (Å²) in [5.74, 6) is 0.637. The molecule has 116 valence electrons. The Balaban J connectivity index is 1.91. The van der Waals surface area contributed by atoms with Gasteiger partial charge in [0.25, 0.3) is 5.69 Å². The molecule has 0 saturated carbocycles. The van der Waals surface area contributed by atoms with E-state index in [1.807, 2.05) is 19.1 Å². The van der Waals surface area contributed by atoms with Gasteiger partial charge in [-0.2, -0.15) is 0 Å². The van der Waals surface area contributed by atoms with Crippen LogP contribution >= 0.6 is 0 Å². The lowest BCUT2D eigenvalue weighted by Gasteiger charge is -2.21. The second-order valence-corrected chi connectivity index (χ2v) is 6.19. The molecule has 1 heterocycles. The number of rotatable bonds is 6. The summed E-state index contributed by atoms with van der Waals surface area (Å²) in [7, 11) is 0. The molecule has 1 aromatic rings. The van der Waals surface area contributed by atoms with E-state index in [0.29, 0.717) is 12.0 Å². The van der Waals surface area contributed by atoms with Crippen LogP contribution in [0, 0.1) is 16.0 Å². The third kappa shape index (κ3) is 4.02. The molecule has 21 heavy (non-hydrogen) atoms. The third-order valence-corrected chi connectivity index (χ3v) is 4.36. The summed E-state index contributed by atoms with van der Waals surface area (Å²) in [6, 6.07) is 7.58. The molecular formula is C16H25N3O2. The molecule has 0 aliphatic carbocycles. The van der Waals surface area contributed by atoms with E-state index in [9.17, 15) is 10.1 Å². The van der Waals surface area contributed by atoms with Crippen molar-refractivity contribution in [2.24, 2.45) is 5.92 Å². The molecular weight excluding hydrogens is 266 g/mol. The third-order valence-electron chi connectivity index (χ3n) is 4.36. The standard InChI is InChI=1S/C16H25N3O2/c1-12(2)18-9-8-14(11-18)10-17-13(3)15-6-4-5-7-16(15)19(20)21/h4-7,12-14,17H,8-11H2,1-3H3. The number of nitro groups is 1. The number of nitrogens with one attached hydrogen (secondary N) is 1. The highest BCUT2D eigenvalue weighted by atomic mass is 16.6. The summed E-state index contributed by atoms with van der Waals surface area (Å²) in [4.78, 5) is 13.3. The highest BCUT2D eigenvalue weighted by Crippen LogP contribution is 2.25. The summed E-state index contributed by atoms with van der Waals surface area (Å²) in [5, 5.41) is 14.5. The lowest BCUT2D eigenvalue weighted by Crippen LogP contribution is -2.31. The molecule has 2 atom stereocenters. The number of nitro benzene ring substituents is 1. The summed E-state index contributed by atoms with van der Waals surface area (Å²) in [6.45, 7) is 9.64. The van der Waals surface area contributed by atoms with Gasteiger partial charge in [-0.3, -0.25) is 10.1 Å². The van der Waals surface area contributed by atoms with Crippen LogP contribution in [0.2, 0.25) is 0 Å². The largest absolute Gasteiger partial charge is 0.310 e. The number of hydrogen-bond acceptors (Lipinski definition) is 4. The van der Waals surface area contributed by atoms with Gasteiger partial charge in [0.15, 0.2) is 0 Å². The zero-order valence-corrected chi connectivity index (χ0v) is 13.1. The van der Waals surface area contributed by atoms with Crippen molar-refractivity contribution in [2.75, 3.05) is 19.6 Å². The van der Waals surface area contributed by atoms with Crippen molar-refractivity contribution in [3.8, 4) is 0 Å². The fourth-order valence-electron chi connectivity index (χ4n) is 2.97. The van der Waals surface area contributed by atoms with E-state index < -0.39 is 0 Å². The zero-order valence-electron chi connectivity index (χ0n) is 13.1. The minimum absolute atomic E-state index is 0.000278. The van der Waals surface area contributed by atoms with Crippen molar-refractivity contribution in [1.82, 2.24) is 10.2 Å². The average molecular weight is 291 g/mol. The highest BCUT2D eigenvalue weighted by Gasteiger charge is 2.25. The minimum atomic E-state index is -0.302. The second-order valence-electron chi connectivity index (χ2n) is 6.19. The van der Waals surface area contributed by atoms with Gasteiger partial charge in [0, 0.05) is 30.3 Å². The molecule has 1 saturated heterocycles. The van der Waals surface area contributed by atoms with Gasteiger partial charge in [0.05, 0.1) is 4.92 Å². The molecule has 1 aromatic carbocycles. The van der Waals surface area contributed by atoms with Gasteiger partial charge in [-0.05, 0) is 46.2 Å². The molecule has 0 amide bonds. The van der Waals surface area contributed by atoms with Crippen LogP contribution in [0.15, 0.2) is 24.3 Å².